The zero-order chi connectivity index (χ0) is 22.2. The number of para-hydroxylation sites is 1. The van der Waals surface area contributed by atoms with Gasteiger partial charge in [-0.25, -0.2) is 13.2 Å². The van der Waals surface area contributed by atoms with E-state index < -0.39 is 46.1 Å². The number of aliphatic carboxylic acids is 1. The van der Waals surface area contributed by atoms with Gasteiger partial charge in [-0.15, -0.1) is 0 Å². The van der Waals surface area contributed by atoms with Crippen molar-refractivity contribution in [3.63, 3.8) is 0 Å². The van der Waals surface area contributed by atoms with Gasteiger partial charge in [0, 0.05) is 6.54 Å². The fourth-order valence-corrected chi connectivity index (χ4v) is 5.30. The molecule has 0 aromatic heterocycles. The third kappa shape index (κ3) is 3.73. The van der Waals surface area contributed by atoms with Gasteiger partial charge in [0.05, 0.1) is 10.9 Å². The van der Waals surface area contributed by atoms with Crippen LogP contribution in [0.1, 0.15) is 0 Å². The molecule has 3 atom stereocenters. The fourth-order valence-electron chi connectivity index (χ4n) is 3.72. The molecule has 162 valence electrons. The van der Waals surface area contributed by atoms with Crippen LogP contribution in [0.2, 0.25) is 0 Å². The maximum absolute atomic E-state index is 13.0. The van der Waals surface area contributed by atoms with Gasteiger partial charge in [0.2, 0.25) is 15.9 Å². The lowest BCUT2D eigenvalue weighted by atomic mass is 9.96. The summed E-state index contributed by atoms with van der Waals surface area (Å²) < 4.78 is 32.1. The molecular formula is C20H19N3O7S. The summed E-state index contributed by atoms with van der Waals surface area (Å²) in [7, 11) is -4.16. The van der Waals surface area contributed by atoms with Gasteiger partial charge in [0.15, 0.2) is 12.8 Å². The van der Waals surface area contributed by atoms with Crippen molar-refractivity contribution < 1.29 is 32.6 Å². The summed E-state index contributed by atoms with van der Waals surface area (Å²) in [5, 5.41) is 12.1. The Bertz CT molecular complexity index is 1110. The molecule has 2 N–H and O–H groups in total. The number of hydrogen-bond acceptors (Lipinski definition) is 6. The van der Waals surface area contributed by atoms with E-state index in [-0.39, 0.29) is 18.0 Å². The number of hydrogen-bond donors (Lipinski definition) is 2. The Labute approximate surface area is 178 Å². The molecule has 2 unspecified atom stereocenters. The molecule has 0 saturated carbocycles. The van der Waals surface area contributed by atoms with Crippen LogP contribution in [-0.2, 0) is 24.4 Å². The molecule has 2 heterocycles. The van der Waals surface area contributed by atoms with Gasteiger partial charge in [-0.3, -0.25) is 9.59 Å². The van der Waals surface area contributed by atoms with Gasteiger partial charge in [-0.05, 0) is 24.3 Å². The molecule has 2 amide bonds. The van der Waals surface area contributed by atoms with E-state index in [1.54, 1.807) is 36.4 Å². The van der Waals surface area contributed by atoms with Crippen LogP contribution in [0.25, 0.3) is 0 Å². The Hall–Kier alpha value is -3.44. The molecule has 2 aliphatic heterocycles. The molecule has 11 heteroatoms. The predicted molar refractivity (Wildman–Crippen MR) is 106 cm³/mol. The second kappa shape index (κ2) is 8.00. The SMILES string of the molecule is O=C(COc1ccccc1)N[C@H]1C(=O)N2C1CN(S(=O)(=O)c1ccccc1)C2C(=O)O. The van der Waals surface area contributed by atoms with Gasteiger partial charge in [0.1, 0.15) is 11.8 Å². The number of benzene rings is 2. The molecule has 2 aromatic carbocycles. The van der Waals surface area contributed by atoms with Crippen LogP contribution in [0.3, 0.4) is 0 Å². The van der Waals surface area contributed by atoms with Gasteiger partial charge >= 0.3 is 5.97 Å². The van der Waals surface area contributed by atoms with E-state index in [2.05, 4.69) is 5.32 Å². The summed E-state index contributed by atoms with van der Waals surface area (Å²) in [5.74, 6) is -2.21. The van der Waals surface area contributed by atoms with E-state index in [0.717, 1.165) is 9.21 Å². The third-order valence-electron chi connectivity index (χ3n) is 5.17. The molecule has 0 spiro atoms. The van der Waals surface area contributed by atoms with Crippen LogP contribution in [0.4, 0.5) is 0 Å². The number of β-lactam (4-membered cyclic amide) rings is 1. The Kier molecular flexibility index (Phi) is 5.38. The molecule has 0 radical (unpaired) electrons. The van der Waals surface area contributed by atoms with Crippen LogP contribution < -0.4 is 10.1 Å². The molecule has 0 bridgehead atoms. The first-order valence-electron chi connectivity index (χ1n) is 9.40. The number of fused-ring (bicyclic) bond motifs is 1. The van der Waals surface area contributed by atoms with Crippen LogP contribution in [-0.4, -0.2) is 71.9 Å². The molecule has 0 aliphatic carbocycles. The first-order chi connectivity index (χ1) is 14.8. The Morgan fingerprint density at radius 2 is 1.68 bits per heavy atom. The third-order valence-corrected chi connectivity index (χ3v) is 7.00. The van der Waals surface area contributed by atoms with Gasteiger partial charge < -0.3 is 20.1 Å². The Morgan fingerprint density at radius 1 is 1.06 bits per heavy atom. The topological polar surface area (TPSA) is 133 Å². The minimum absolute atomic E-state index is 0.0759. The quantitative estimate of drug-likeness (QED) is 0.568. The maximum atomic E-state index is 13.0. The molecular weight excluding hydrogens is 426 g/mol. The minimum atomic E-state index is -4.16. The average molecular weight is 445 g/mol. The van der Waals surface area contributed by atoms with E-state index in [1.165, 1.54) is 24.3 Å². The minimum Gasteiger partial charge on any atom is -0.484 e. The number of carboxylic acids is 1. The number of carbonyl (C=O) groups is 3. The molecule has 4 rings (SSSR count). The average Bonchev–Trinajstić information content (AvgIpc) is 3.15. The molecule has 2 fully saturated rings. The Morgan fingerprint density at radius 3 is 2.29 bits per heavy atom. The highest BCUT2D eigenvalue weighted by molar-refractivity contribution is 7.89. The van der Waals surface area contributed by atoms with E-state index in [4.69, 9.17) is 4.74 Å². The van der Waals surface area contributed by atoms with Crippen LogP contribution in [0.15, 0.2) is 65.6 Å². The highest BCUT2D eigenvalue weighted by Crippen LogP contribution is 2.36. The summed E-state index contributed by atoms with van der Waals surface area (Å²) >= 11 is 0. The van der Waals surface area contributed by atoms with E-state index in [1.807, 2.05) is 0 Å². The zero-order valence-corrected chi connectivity index (χ0v) is 16.9. The van der Waals surface area contributed by atoms with Crippen LogP contribution in [0, 0.1) is 0 Å². The Balaban J connectivity index is 1.48. The first kappa shape index (κ1) is 20.8. The van der Waals surface area contributed by atoms with E-state index in [9.17, 15) is 27.9 Å². The number of rotatable bonds is 7. The van der Waals surface area contributed by atoms with Crippen molar-refractivity contribution in [2.45, 2.75) is 23.1 Å². The fraction of sp³-hybridized carbons (Fsp3) is 0.250. The van der Waals surface area contributed by atoms with Crippen molar-refractivity contribution in [3.8, 4) is 5.75 Å². The zero-order valence-electron chi connectivity index (χ0n) is 16.1. The number of ether oxygens (including phenoxy) is 1. The van der Waals surface area contributed by atoms with Crippen molar-refractivity contribution in [1.82, 2.24) is 14.5 Å². The largest absolute Gasteiger partial charge is 0.484 e. The van der Waals surface area contributed by atoms with Crippen molar-refractivity contribution in [2.75, 3.05) is 13.2 Å². The van der Waals surface area contributed by atoms with Gasteiger partial charge in [-0.2, -0.15) is 4.31 Å². The van der Waals surface area contributed by atoms with Crippen LogP contribution in [0.5, 0.6) is 5.75 Å². The molecule has 31 heavy (non-hydrogen) atoms. The number of carbonyl (C=O) groups excluding carboxylic acids is 2. The summed E-state index contributed by atoms with van der Waals surface area (Å²) in [5.41, 5.74) is 0. The normalized spacial score (nSPS) is 23.0. The number of amides is 2. The predicted octanol–water partition coefficient (Wildman–Crippen LogP) is -0.124. The van der Waals surface area contributed by atoms with Crippen molar-refractivity contribution in [1.29, 1.82) is 0 Å². The second-order valence-electron chi connectivity index (χ2n) is 7.06. The molecule has 2 aromatic rings. The van der Waals surface area contributed by atoms with E-state index >= 15 is 0 Å². The summed E-state index contributed by atoms with van der Waals surface area (Å²) in [6.07, 6.45) is -1.67. The molecule has 2 saturated heterocycles. The van der Waals surface area contributed by atoms with Crippen LogP contribution >= 0.6 is 0 Å². The molecule has 2 aliphatic rings. The highest BCUT2D eigenvalue weighted by atomic mass is 32.2. The first-order valence-corrected chi connectivity index (χ1v) is 10.8. The molecule has 10 nitrogen and oxygen atoms in total. The lowest BCUT2D eigenvalue weighted by Gasteiger charge is -2.43. The number of carboxylic acid groups (broad SMARTS) is 1. The van der Waals surface area contributed by atoms with Crippen molar-refractivity contribution in [2.24, 2.45) is 0 Å². The summed E-state index contributed by atoms with van der Waals surface area (Å²) in [4.78, 5) is 37.5. The monoisotopic (exact) mass is 445 g/mol. The summed E-state index contributed by atoms with van der Waals surface area (Å²) in [6.45, 7) is -0.584. The second-order valence-corrected chi connectivity index (χ2v) is 8.95. The van der Waals surface area contributed by atoms with Gasteiger partial charge in [-0.1, -0.05) is 36.4 Å². The van der Waals surface area contributed by atoms with E-state index in [0.29, 0.717) is 5.75 Å². The lowest BCUT2D eigenvalue weighted by molar-refractivity contribution is -0.163. The maximum Gasteiger partial charge on any atom is 0.342 e. The van der Waals surface area contributed by atoms with Crippen molar-refractivity contribution in [3.05, 3.63) is 60.7 Å². The number of nitrogens with zero attached hydrogens (tertiary/aromatic N) is 2. The number of nitrogens with one attached hydrogen (secondary N) is 1. The van der Waals surface area contributed by atoms with Crippen molar-refractivity contribution >= 4 is 27.8 Å². The standard InChI is InChI=1S/C20H19N3O7S/c24-16(12-30-13-7-3-1-4-8-13)21-17-15-11-22(18(20(26)27)23(15)19(17)25)31(28,29)14-9-5-2-6-10-14/h1-10,15,17-18H,11-12H2,(H,21,24)(H,26,27)/t15?,17-,18?/m1/s1. The lowest BCUT2D eigenvalue weighted by Crippen LogP contribution is -2.71. The van der Waals surface area contributed by atoms with Gasteiger partial charge in [0.25, 0.3) is 5.91 Å². The highest BCUT2D eigenvalue weighted by Gasteiger charge is 2.62. The number of sulfonamides is 1. The summed E-state index contributed by atoms with van der Waals surface area (Å²) in [6, 6.07) is 14.2. The smallest absolute Gasteiger partial charge is 0.342 e.